The summed E-state index contributed by atoms with van der Waals surface area (Å²) in [7, 11) is 5.02. The summed E-state index contributed by atoms with van der Waals surface area (Å²) in [4.78, 5) is 0. The third-order valence-electron chi connectivity index (χ3n) is 0.433. The van der Waals surface area contributed by atoms with Crippen LogP contribution in [-0.4, -0.2) is 19.6 Å². The van der Waals surface area contributed by atoms with E-state index in [1.54, 1.807) is 0 Å². The van der Waals surface area contributed by atoms with Gasteiger partial charge in [-0.25, -0.2) is 0 Å². The zero-order valence-electron chi connectivity index (χ0n) is 3.65. The van der Waals surface area contributed by atoms with E-state index in [9.17, 15) is 0 Å². The van der Waals surface area contributed by atoms with Crippen LogP contribution in [0.5, 0.6) is 0 Å². The zero-order chi connectivity index (χ0) is 4.99. The molecule has 0 saturated heterocycles. The minimum atomic E-state index is 0.414. The van der Waals surface area contributed by atoms with Gasteiger partial charge in [-0.15, -0.1) is 0 Å². The molecule has 0 heterocycles. The van der Waals surface area contributed by atoms with Gasteiger partial charge in [-0.05, 0) is 0 Å². The Morgan fingerprint density at radius 2 is 2.17 bits per heavy atom. The number of rotatable bonds is 2. The first-order valence-electron chi connectivity index (χ1n) is 1.84. The van der Waals surface area contributed by atoms with Gasteiger partial charge in [-0.1, -0.05) is 0 Å². The van der Waals surface area contributed by atoms with Crippen LogP contribution in [0.2, 0.25) is 0 Å². The Bertz CT molecular complexity index is 52.8. The molecule has 0 aromatic carbocycles. The van der Waals surface area contributed by atoms with Gasteiger partial charge in [-0.3, -0.25) is 0 Å². The van der Waals surface area contributed by atoms with Gasteiger partial charge in [0.25, 0.3) is 0 Å². The van der Waals surface area contributed by atoms with Crippen LogP contribution in [0.4, 0.5) is 0 Å². The van der Waals surface area contributed by atoms with Crippen molar-refractivity contribution in [2.45, 2.75) is 6.42 Å². The summed E-state index contributed by atoms with van der Waals surface area (Å²) in [6.45, 7) is 0.544. The summed E-state index contributed by atoms with van der Waals surface area (Å²) < 4.78 is 0. The summed E-state index contributed by atoms with van der Waals surface area (Å²) in [5, 5.41) is 0. The van der Waals surface area contributed by atoms with Crippen LogP contribution >= 0.6 is 0 Å². The molecule has 0 aromatic rings. The van der Waals surface area contributed by atoms with Crippen LogP contribution in [0.3, 0.4) is 0 Å². The molecule has 0 aliphatic rings. The Morgan fingerprint density at radius 1 is 1.67 bits per heavy atom. The van der Waals surface area contributed by atoms with Crippen LogP contribution in [0.1, 0.15) is 6.42 Å². The van der Waals surface area contributed by atoms with E-state index in [1.165, 1.54) is 0 Å². The molecule has 4 N–H and O–H groups in total. The van der Waals surface area contributed by atoms with Crippen LogP contribution < -0.4 is 11.5 Å². The molecule has 3 heteroatoms. The molecule has 0 saturated carbocycles. The van der Waals surface area contributed by atoms with Crippen molar-refractivity contribution < 1.29 is 0 Å². The van der Waals surface area contributed by atoms with E-state index >= 15 is 0 Å². The Balaban J connectivity index is 2.83. The van der Waals surface area contributed by atoms with Gasteiger partial charge in [0, 0.05) is 0 Å². The second-order valence-electron chi connectivity index (χ2n) is 1.11. The van der Waals surface area contributed by atoms with Crippen LogP contribution in [0.15, 0.2) is 0 Å². The predicted octanol–water partition coefficient (Wildman–Crippen LogP) is -1.41. The molecule has 0 spiro atoms. The molecule has 0 rings (SSSR count). The summed E-state index contributed by atoms with van der Waals surface area (Å²) in [6, 6.07) is 0. The first-order valence-corrected chi connectivity index (χ1v) is 1.84. The standard InChI is InChI=1S/C3H8BN2/c4-3(6)1-2-5/h1-2,5-6H2. The van der Waals surface area contributed by atoms with Crippen molar-refractivity contribution in [3.63, 3.8) is 0 Å². The summed E-state index contributed by atoms with van der Waals surface area (Å²) >= 11 is 0. The number of hydrogen-bond acceptors (Lipinski definition) is 2. The quantitative estimate of drug-likeness (QED) is 0.403. The topological polar surface area (TPSA) is 52.0 Å². The van der Waals surface area contributed by atoms with E-state index < -0.39 is 0 Å². The number of hydrogen-bond donors (Lipinski definition) is 2. The maximum atomic E-state index is 5.05. The Labute approximate surface area is 38.6 Å². The SMILES string of the molecule is [B]=C(N)CCN. The molecule has 0 fully saturated rings. The van der Waals surface area contributed by atoms with Gasteiger partial charge >= 0.3 is 37.5 Å². The van der Waals surface area contributed by atoms with E-state index in [2.05, 4.69) is 0 Å². The van der Waals surface area contributed by atoms with Crippen molar-refractivity contribution in [1.82, 2.24) is 0 Å². The predicted molar refractivity (Wildman–Crippen MR) is 28.6 cm³/mol. The van der Waals surface area contributed by atoms with Crippen molar-refractivity contribution in [2.75, 3.05) is 6.54 Å². The van der Waals surface area contributed by atoms with Gasteiger partial charge in [0.15, 0.2) is 0 Å². The Morgan fingerprint density at radius 3 is 2.17 bits per heavy atom. The average Bonchev–Trinajstić information content (AvgIpc) is 1.35. The van der Waals surface area contributed by atoms with E-state index in [4.69, 9.17) is 19.0 Å². The van der Waals surface area contributed by atoms with Crippen molar-refractivity contribution in [1.29, 1.82) is 0 Å². The second kappa shape index (κ2) is 2.91. The van der Waals surface area contributed by atoms with Gasteiger partial charge in [0.2, 0.25) is 0 Å². The molecule has 6 heavy (non-hydrogen) atoms. The molecular formula is C3H8BN2. The van der Waals surface area contributed by atoms with Gasteiger partial charge < -0.3 is 0 Å². The molecular weight excluding hydrogens is 74.9 g/mol. The zero-order valence-corrected chi connectivity index (χ0v) is 3.65. The van der Waals surface area contributed by atoms with Gasteiger partial charge in [-0.2, -0.15) is 0 Å². The molecule has 0 amide bonds. The minimum absolute atomic E-state index is 0.414. The second-order valence-corrected chi connectivity index (χ2v) is 1.11. The molecule has 1 radical (unpaired) electrons. The maximum absolute atomic E-state index is 5.05. The first-order chi connectivity index (χ1) is 2.77. The van der Waals surface area contributed by atoms with E-state index in [-0.39, 0.29) is 0 Å². The van der Waals surface area contributed by atoms with Gasteiger partial charge in [0.1, 0.15) is 0 Å². The fraction of sp³-hybridized carbons (Fsp3) is 0.667. The van der Waals surface area contributed by atoms with E-state index in [1.807, 2.05) is 0 Å². The Kier molecular flexibility index (Phi) is 2.76. The molecule has 0 aliphatic carbocycles. The average molecular weight is 82.9 g/mol. The molecule has 0 aliphatic heterocycles. The molecule has 0 atom stereocenters. The van der Waals surface area contributed by atoms with Crippen molar-refractivity contribution in [2.24, 2.45) is 11.5 Å². The van der Waals surface area contributed by atoms with Crippen LogP contribution in [0.25, 0.3) is 0 Å². The third kappa shape index (κ3) is 3.69. The van der Waals surface area contributed by atoms with Crippen LogP contribution in [-0.2, 0) is 0 Å². The fourth-order valence-electron chi connectivity index (χ4n) is 0.167. The van der Waals surface area contributed by atoms with Crippen LogP contribution in [0, 0.1) is 0 Å². The molecule has 2 nitrogen and oxygen atoms in total. The van der Waals surface area contributed by atoms with Crippen molar-refractivity contribution in [3.8, 4) is 0 Å². The third-order valence-corrected chi connectivity index (χ3v) is 0.433. The number of nitrogens with two attached hydrogens (primary N) is 2. The van der Waals surface area contributed by atoms with Gasteiger partial charge in [0.05, 0.1) is 0 Å². The normalized spacial score (nSPS) is 8.00. The molecule has 33 valence electrons. The molecule has 0 bridgehead atoms. The first kappa shape index (κ1) is 5.69. The monoisotopic (exact) mass is 83.1 g/mol. The van der Waals surface area contributed by atoms with Crippen molar-refractivity contribution >= 4 is 13.1 Å². The van der Waals surface area contributed by atoms with E-state index in [0.29, 0.717) is 18.6 Å². The Hall–Kier alpha value is -0.305. The fourth-order valence-corrected chi connectivity index (χ4v) is 0.167. The summed E-state index contributed by atoms with van der Waals surface area (Å²) in [5.74, 6) is 0. The van der Waals surface area contributed by atoms with E-state index in [0.717, 1.165) is 0 Å². The van der Waals surface area contributed by atoms with Crippen molar-refractivity contribution in [3.05, 3.63) is 0 Å². The summed E-state index contributed by atoms with van der Waals surface area (Å²) in [6.07, 6.45) is 0.625. The summed E-state index contributed by atoms with van der Waals surface area (Å²) in [5.41, 5.74) is 10.5. The molecule has 0 unspecified atom stereocenters. The molecule has 0 aromatic heterocycles.